The fraction of sp³-hybridized carbons (Fsp3) is 0.174. The third-order valence-corrected chi connectivity index (χ3v) is 7.68. The molecule has 0 bridgehead atoms. The number of carbonyl (C=O) groups excluding carboxylic acids is 1. The first kappa shape index (κ1) is 25.2. The fourth-order valence-corrected chi connectivity index (χ4v) is 5.49. The summed E-state index contributed by atoms with van der Waals surface area (Å²) >= 11 is 18.4. The molecule has 182 valence electrons. The second-order valence-electron chi connectivity index (χ2n) is 8.11. The molecule has 4 aromatic rings. The molecular weight excluding hydrogens is 533 g/mol. The Morgan fingerprint density at radius 2 is 1.83 bits per heavy atom. The number of rotatable bonds is 7. The lowest BCUT2D eigenvalue weighted by Crippen LogP contribution is -2.16. The van der Waals surface area contributed by atoms with Gasteiger partial charge >= 0.3 is 0 Å². The zero-order valence-electron chi connectivity index (χ0n) is 18.6. The Morgan fingerprint density at radius 3 is 2.51 bits per heavy atom. The van der Waals surface area contributed by atoms with Gasteiger partial charge in [-0.05, 0) is 43.7 Å². The van der Waals surface area contributed by atoms with Crippen LogP contribution in [0, 0.1) is 0 Å². The van der Waals surface area contributed by atoms with Crippen LogP contribution in [0.25, 0.3) is 11.0 Å². The van der Waals surface area contributed by atoms with Crippen molar-refractivity contribution in [3.63, 3.8) is 0 Å². The first-order chi connectivity index (χ1) is 16.5. The van der Waals surface area contributed by atoms with Crippen LogP contribution in [0.2, 0.25) is 15.1 Å². The Kier molecular flexibility index (Phi) is 6.97. The Bertz CT molecular complexity index is 1570. The van der Waals surface area contributed by atoms with Gasteiger partial charge in [-0.15, -0.1) is 0 Å². The van der Waals surface area contributed by atoms with E-state index in [9.17, 15) is 13.2 Å². The van der Waals surface area contributed by atoms with Crippen molar-refractivity contribution < 1.29 is 13.2 Å². The standard InChI is InChI=1S/C23H20Cl3N5O3S/c1-12(2)31-9-15(19-22(27)28-11-29-23(19)31)21(32)14-4-3-5-18(20(14)26)30-35(33,34)10-13-6-7-16(24)17(25)8-13/h3-9,11-12,30H,10H2,1-2H3,(H2,27,28,29). The number of hydrogen-bond acceptors (Lipinski definition) is 6. The van der Waals surface area contributed by atoms with Crippen molar-refractivity contribution in [3.05, 3.63) is 80.7 Å². The molecule has 0 unspecified atom stereocenters. The number of sulfonamides is 1. The molecule has 8 nitrogen and oxygen atoms in total. The van der Waals surface area contributed by atoms with Crippen molar-refractivity contribution in [2.45, 2.75) is 25.6 Å². The van der Waals surface area contributed by atoms with Crippen molar-refractivity contribution in [2.75, 3.05) is 10.5 Å². The van der Waals surface area contributed by atoms with Crippen LogP contribution in [0.3, 0.4) is 0 Å². The van der Waals surface area contributed by atoms with E-state index in [4.69, 9.17) is 40.5 Å². The Hall–Kier alpha value is -2.85. The van der Waals surface area contributed by atoms with Gasteiger partial charge in [-0.3, -0.25) is 9.52 Å². The molecule has 3 N–H and O–H groups in total. The van der Waals surface area contributed by atoms with Crippen LogP contribution in [-0.2, 0) is 15.8 Å². The minimum absolute atomic E-state index is 0.00309. The highest BCUT2D eigenvalue weighted by Gasteiger charge is 2.24. The maximum atomic E-state index is 13.5. The summed E-state index contributed by atoms with van der Waals surface area (Å²) in [4.78, 5) is 21.8. The van der Waals surface area contributed by atoms with Gasteiger partial charge in [0.15, 0.2) is 5.78 Å². The van der Waals surface area contributed by atoms with Crippen LogP contribution in [-0.4, -0.2) is 28.7 Å². The van der Waals surface area contributed by atoms with Crippen molar-refractivity contribution in [2.24, 2.45) is 0 Å². The summed E-state index contributed by atoms with van der Waals surface area (Å²) in [6.45, 7) is 3.89. The molecule has 35 heavy (non-hydrogen) atoms. The number of nitrogens with zero attached hydrogens (tertiary/aromatic N) is 3. The van der Waals surface area contributed by atoms with Crippen LogP contribution in [0.1, 0.15) is 41.4 Å². The number of aromatic nitrogens is 3. The molecule has 0 aliphatic carbocycles. The summed E-state index contributed by atoms with van der Waals surface area (Å²) < 4.78 is 29.9. The Labute approximate surface area is 217 Å². The quantitative estimate of drug-likeness (QED) is 0.283. The number of fused-ring (bicyclic) bond motifs is 1. The fourth-order valence-electron chi connectivity index (χ4n) is 3.66. The zero-order valence-corrected chi connectivity index (χ0v) is 21.7. The Balaban J connectivity index is 1.70. The average Bonchev–Trinajstić information content (AvgIpc) is 3.18. The summed E-state index contributed by atoms with van der Waals surface area (Å²) in [6.07, 6.45) is 2.99. The summed E-state index contributed by atoms with van der Waals surface area (Å²) in [5, 5.41) is 0.928. The number of benzene rings is 2. The van der Waals surface area contributed by atoms with E-state index >= 15 is 0 Å². The molecule has 2 heterocycles. The van der Waals surface area contributed by atoms with E-state index in [1.165, 1.54) is 36.7 Å². The molecule has 0 fully saturated rings. The largest absolute Gasteiger partial charge is 0.383 e. The number of anilines is 2. The zero-order chi connectivity index (χ0) is 25.5. The number of ketones is 1. The van der Waals surface area contributed by atoms with Gasteiger partial charge in [0.25, 0.3) is 0 Å². The van der Waals surface area contributed by atoms with E-state index in [1.807, 2.05) is 18.4 Å². The van der Waals surface area contributed by atoms with Gasteiger partial charge in [-0.2, -0.15) is 0 Å². The van der Waals surface area contributed by atoms with E-state index < -0.39 is 15.8 Å². The molecule has 2 aromatic carbocycles. The monoisotopic (exact) mass is 551 g/mol. The smallest absolute Gasteiger partial charge is 0.236 e. The van der Waals surface area contributed by atoms with E-state index in [0.29, 0.717) is 21.6 Å². The lowest BCUT2D eigenvalue weighted by Gasteiger charge is -2.12. The van der Waals surface area contributed by atoms with Crippen molar-refractivity contribution in [1.82, 2.24) is 14.5 Å². The van der Waals surface area contributed by atoms with Crippen molar-refractivity contribution in [1.29, 1.82) is 0 Å². The topological polar surface area (TPSA) is 120 Å². The summed E-state index contributed by atoms with van der Waals surface area (Å²) in [7, 11) is -3.89. The average molecular weight is 553 g/mol. The van der Waals surface area contributed by atoms with E-state index in [-0.39, 0.29) is 44.5 Å². The lowest BCUT2D eigenvalue weighted by atomic mass is 10.0. The highest BCUT2D eigenvalue weighted by molar-refractivity contribution is 7.91. The van der Waals surface area contributed by atoms with E-state index in [0.717, 1.165) is 0 Å². The number of carbonyl (C=O) groups is 1. The lowest BCUT2D eigenvalue weighted by molar-refractivity contribution is 0.104. The number of nitrogen functional groups attached to an aromatic ring is 1. The van der Waals surface area contributed by atoms with Crippen LogP contribution < -0.4 is 10.5 Å². The molecule has 0 saturated heterocycles. The minimum Gasteiger partial charge on any atom is -0.383 e. The van der Waals surface area contributed by atoms with Gasteiger partial charge in [0.1, 0.15) is 17.8 Å². The van der Waals surface area contributed by atoms with Gasteiger partial charge in [0, 0.05) is 17.8 Å². The maximum Gasteiger partial charge on any atom is 0.236 e. The van der Waals surface area contributed by atoms with E-state index in [2.05, 4.69) is 14.7 Å². The molecule has 2 aromatic heterocycles. The molecule has 0 aliphatic heterocycles. The summed E-state index contributed by atoms with van der Waals surface area (Å²) in [5.74, 6) is -0.646. The van der Waals surface area contributed by atoms with Crippen LogP contribution >= 0.6 is 34.8 Å². The molecule has 4 rings (SSSR count). The Morgan fingerprint density at radius 1 is 1.09 bits per heavy atom. The molecule has 12 heteroatoms. The second-order valence-corrected chi connectivity index (χ2v) is 11.0. The predicted octanol–water partition coefficient (Wildman–Crippen LogP) is 5.73. The van der Waals surface area contributed by atoms with Crippen molar-refractivity contribution in [3.8, 4) is 0 Å². The van der Waals surface area contributed by atoms with Gasteiger partial charge in [-0.1, -0.05) is 46.9 Å². The van der Waals surface area contributed by atoms with Crippen LogP contribution in [0.4, 0.5) is 11.5 Å². The van der Waals surface area contributed by atoms with Gasteiger partial charge in [-0.25, -0.2) is 18.4 Å². The van der Waals surface area contributed by atoms with E-state index in [1.54, 1.807) is 12.3 Å². The normalized spacial score (nSPS) is 11.8. The van der Waals surface area contributed by atoms with Crippen molar-refractivity contribution >= 4 is 73.1 Å². The number of nitrogens with two attached hydrogens (primary N) is 1. The van der Waals surface area contributed by atoms with Crippen LogP contribution in [0.5, 0.6) is 0 Å². The summed E-state index contributed by atoms with van der Waals surface area (Å²) in [5.41, 5.74) is 7.46. The highest BCUT2D eigenvalue weighted by atomic mass is 35.5. The number of halogens is 3. The first-order valence-corrected chi connectivity index (χ1v) is 13.2. The van der Waals surface area contributed by atoms with Gasteiger partial charge in [0.05, 0.1) is 37.5 Å². The van der Waals surface area contributed by atoms with Gasteiger partial charge < -0.3 is 10.3 Å². The first-order valence-electron chi connectivity index (χ1n) is 10.4. The highest BCUT2D eigenvalue weighted by Crippen LogP contribution is 2.33. The third kappa shape index (κ3) is 5.08. The molecule has 0 atom stereocenters. The molecule has 0 saturated carbocycles. The van der Waals surface area contributed by atoms with Gasteiger partial charge in [0.2, 0.25) is 10.0 Å². The molecule has 0 amide bonds. The molecular formula is C23H20Cl3N5O3S. The number of nitrogens with one attached hydrogen (secondary N) is 1. The SMILES string of the molecule is CC(C)n1cc(C(=O)c2cccc(NS(=O)(=O)Cc3ccc(Cl)c(Cl)c3)c2Cl)c2c(N)ncnc21. The molecule has 0 aliphatic rings. The third-order valence-electron chi connectivity index (χ3n) is 5.29. The maximum absolute atomic E-state index is 13.5. The van der Waals surface area contributed by atoms with Crippen LogP contribution in [0.15, 0.2) is 48.9 Å². The predicted molar refractivity (Wildman–Crippen MR) is 140 cm³/mol. The summed E-state index contributed by atoms with van der Waals surface area (Å²) in [6, 6.07) is 9.08. The number of hydrogen-bond donors (Lipinski definition) is 2. The molecule has 0 spiro atoms. The minimum atomic E-state index is -3.89. The molecule has 0 radical (unpaired) electrons. The second kappa shape index (κ2) is 9.66.